The van der Waals surface area contributed by atoms with Gasteiger partial charge in [-0.3, -0.25) is 4.79 Å². The van der Waals surface area contributed by atoms with Crippen LogP contribution < -0.4 is 15.0 Å². The average molecular weight is 333 g/mol. The lowest BCUT2D eigenvalue weighted by molar-refractivity contribution is -0.117. The molecule has 0 saturated carbocycles. The van der Waals surface area contributed by atoms with Crippen LogP contribution in [0.4, 0.5) is 11.5 Å². The highest BCUT2D eigenvalue weighted by Gasteiger charge is 2.21. The Labute approximate surface area is 139 Å². The highest BCUT2D eigenvalue weighted by Crippen LogP contribution is 2.24. The van der Waals surface area contributed by atoms with Crippen molar-refractivity contribution in [3.8, 4) is 6.01 Å². The largest absolute Gasteiger partial charge is 0.467 e. The lowest BCUT2D eigenvalue weighted by Crippen LogP contribution is -2.23. The Morgan fingerprint density at radius 1 is 1.43 bits per heavy atom. The van der Waals surface area contributed by atoms with E-state index in [0.717, 1.165) is 24.2 Å². The van der Waals surface area contributed by atoms with Crippen molar-refractivity contribution in [1.29, 1.82) is 0 Å². The number of halogens is 1. The Balaban J connectivity index is 1.72. The number of aromatic nitrogens is 2. The van der Waals surface area contributed by atoms with Gasteiger partial charge >= 0.3 is 6.01 Å². The Bertz CT molecular complexity index is 723. The zero-order valence-corrected chi connectivity index (χ0v) is 13.5. The first-order valence-electron chi connectivity index (χ1n) is 7.37. The van der Waals surface area contributed by atoms with Crippen LogP contribution in [0, 0.1) is 0 Å². The first-order valence-corrected chi connectivity index (χ1v) is 7.75. The van der Waals surface area contributed by atoms with E-state index in [1.54, 1.807) is 0 Å². The number of amides is 1. The topological polar surface area (TPSA) is 67.3 Å². The molecule has 1 aromatic carbocycles. The van der Waals surface area contributed by atoms with Gasteiger partial charge in [-0.2, -0.15) is 4.98 Å². The molecule has 0 atom stereocenters. The second-order valence-electron chi connectivity index (χ2n) is 5.23. The van der Waals surface area contributed by atoms with E-state index in [2.05, 4.69) is 15.3 Å². The molecular weight excluding hydrogens is 316 g/mol. The molecule has 1 aromatic heterocycles. The molecule has 1 N–H and O–H groups in total. The van der Waals surface area contributed by atoms with Crippen LogP contribution in [-0.4, -0.2) is 29.5 Å². The fourth-order valence-electron chi connectivity index (χ4n) is 2.51. The highest BCUT2D eigenvalue weighted by molar-refractivity contribution is 6.32. The number of methoxy groups -OCH3 is 1. The monoisotopic (exact) mass is 332 g/mol. The van der Waals surface area contributed by atoms with Crippen molar-refractivity contribution in [3.05, 3.63) is 41.0 Å². The molecule has 6 nitrogen and oxygen atoms in total. The second-order valence-corrected chi connectivity index (χ2v) is 5.63. The average Bonchev–Trinajstić information content (AvgIpc) is 3.00. The maximum Gasteiger partial charge on any atom is 0.318 e. The quantitative estimate of drug-likeness (QED) is 0.912. The van der Waals surface area contributed by atoms with E-state index in [0.29, 0.717) is 23.8 Å². The van der Waals surface area contributed by atoms with Gasteiger partial charge in [-0.25, -0.2) is 4.98 Å². The maximum absolute atomic E-state index is 11.8. The number of benzene rings is 1. The number of nitrogens with zero attached hydrogens (tertiary/aromatic N) is 3. The van der Waals surface area contributed by atoms with Gasteiger partial charge in [0.2, 0.25) is 5.91 Å². The van der Waals surface area contributed by atoms with E-state index in [4.69, 9.17) is 16.3 Å². The molecule has 0 radical (unpaired) electrons. The van der Waals surface area contributed by atoms with Gasteiger partial charge in [-0.1, -0.05) is 23.7 Å². The molecular formula is C16H17ClN4O2. The number of anilines is 2. The van der Waals surface area contributed by atoms with Crippen molar-refractivity contribution in [3.63, 3.8) is 0 Å². The van der Waals surface area contributed by atoms with Crippen molar-refractivity contribution in [2.75, 3.05) is 23.9 Å². The minimum atomic E-state index is 0.179. The van der Waals surface area contributed by atoms with Gasteiger partial charge in [-0.15, -0.1) is 0 Å². The Morgan fingerprint density at radius 2 is 2.30 bits per heavy atom. The number of hydrogen-bond donors (Lipinski definition) is 1. The minimum absolute atomic E-state index is 0.179. The van der Waals surface area contributed by atoms with Crippen LogP contribution >= 0.6 is 11.6 Å². The number of carbonyl (C=O) groups is 1. The SMILES string of the molecule is COc1ncc(Cl)c(NCc2cccc(N3CCCC3=O)c2)n1. The van der Waals surface area contributed by atoms with Crippen molar-refractivity contribution in [1.82, 2.24) is 9.97 Å². The normalized spacial score (nSPS) is 14.2. The van der Waals surface area contributed by atoms with Crippen molar-refractivity contribution in [2.45, 2.75) is 19.4 Å². The molecule has 3 rings (SSSR count). The molecule has 7 heteroatoms. The minimum Gasteiger partial charge on any atom is -0.467 e. The van der Waals surface area contributed by atoms with E-state index in [1.807, 2.05) is 29.2 Å². The van der Waals surface area contributed by atoms with Gasteiger partial charge in [0.05, 0.1) is 13.3 Å². The van der Waals surface area contributed by atoms with Gasteiger partial charge in [0.1, 0.15) is 5.02 Å². The first kappa shape index (κ1) is 15.6. The molecule has 1 amide bonds. The zero-order valence-electron chi connectivity index (χ0n) is 12.8. The zero-order chi connectivity index (χ0) is 16.2. The maximum atomic E-state index is 11.8. The lowest BCUT2D eigenvalue weighted by Gasteiger charge is -2.17. The summed E-state index contributed by atoms with van der Waals surface area (Å²) in [7, 11) is 1.50. The molecule has 1 aliphatic rings. The summed E-state index contributed by atoms with van der Waals surface area (Å²) in [6.45, 7) is 1.32. The van der Waals surface area contributed by atoms with Crippen molar-refractivity contribution in [2.24, 2.45) is 0 Å². The molecule has 23 heavy (non-hydrogen) atoms. The molecule has 1 saturated heterocycles. The standard InChI is InChI=1S/C16H17ClN4O2/c1-23-16-19-10-13(17)15(20-16)18-9-11-4-2-5-12(8-11)21-7-3-6-14(21)22/h2,4-5,8,10H,3,6-7,9H2,1H3,(H,18,19,20). The van der Waals surface area contributed by atoms with Crippen LogP contribution in [0.3, 0.4) is 0 Å². The van der Waals surface area contributed by atoms with Crippen LogP contribution in [0.1, 0.15) is 18.4 Å². The Morgan fingerprint density at radius 3 is 3.04 bits per heavy atom. The predicted molar refractivity (Wildman–Crippen MR) is 88.9 cm³/mol. The Kier molecular flexibility index (Phi) is 4.62. The van der Waals surface area contributed by atoms with E-state index in [9.17, 15) is 4.79 Å². The summed E-state index contributed by atoms with van der Waals surface area (Å²) in [4.78, 5) is 21.8. The summed E-state index contributed by atoms with van der Waals surface area (Å²) in [5.41, 5.74) is 1.97. The Hall–Kier alpha value is -2.34. The van der Waals surface area contributed by atoms with E-state index >= 15 is 0 Å². The summed E-state index contributed by atoms with van der Waals surface area (Å²) in [5, 5.41) is 3.59. The van der Waals surface area contributed by atoms with E-state index < -0.39 is 0 Å². The van der Waals surface area contributed by atoms with Gasteiger partial charge < -0.3 is 15.0 Å². The van der Waals surface area contributed by atoms with Gasteiger partial charge in [-0.05, 0) is 24.1 Å². The predicted octanol–water partition coefficient (Wildman–Crippen LogP) is 2.88. The van der Waals surface area contributed by atoms with Crippen LogP contribution in [-0.2, 0) is 11.3 Å². The van der Waals surface area contributed by atoms with Crippen LogP contribution in [0.25, 0.3) is 0 Å². The highest BCUT2D eigenvalue weighted by atomic mass is 35.5. The summed E-state index contributed by atoms with van der Waals surface area (Å²) in [6.07, 6.45) is 3.03. The fourth-order valence-corrected chi connectivity index (χ4v) is 2.67. The fraction of sp³-hybridized carbons (Fsp3) is 0.312. The third-order valence-electron chi connectivity index (χ3n) is 3.66. The van der Waals surface area contributed by atoms with Gasteiger partial charge in [0.25, 0.3) is 0 Å². The van der Waals surface area contributed by atoms with Crippen molar-refractivity contribution < 1.29 is 9.53 Å². The number of nitrogens with one attached hydrogen (secondary N) is 1. The summed E-state index contributed by atoms with van der Waals surface area (Å²) < 4.78 is 5.00. The van der Waals surface area contributed by atoms with E-state index in [-0.39, 0.29) is 11.9 Å². The smallest absolute Gasteiger partial charge is 0.318 e. The first-order chi connectivity index (χ1) is 11.2. The van der Waals surface area contributed by atoms with Gasteiger partial charge in [0, 0.05) is 25.2 Å². The van der Waals surface area contributed by atoms with Crippen LogP contribution in [0.5, 0.6) is 6.01 Å². The third-order valence-corrected chi connectivity index (χ3v) is 3.94. The second kappa shape index (κ2) is 6.83. The van der Waals surface area contributed by atoms with Gasteiger partial charge in [0.15, 0.2) is 5.82 Å². The molecule has 120 valence electrons. The van der Waals surface area contributed by atoms with Crippen molar-refractivity contribution >= 4 is 29.0 Å². The molecule has 0 unspecified atom stereocenters. The number of ether oxygens (including phenoxy) is 1. The number of carbonyl (C=O) groups excluding carboxylic acids is 1. The van der Waals surface area contributed by atoms with E-state index in [1.165, 1.54) is 13.3 Å². The van der Waals surface area contributed by atoms with Crippen LogP contribution in [0.15, 0.2) is 30.5 Å². The molecule has 1 aliphatic heterocycles. The molecule has 0 spiro atoms. The molecule has 2 aromatic rings. The van der Waals surface area contributed by atoms with Crippen LogP contribution in [0.2, 0.25) is 5.02 Å². The number of rotatable bonds is 5. The number of hydrogen-bond acceptors (Lipinski definition) is 5. The molecule has 1 fully saturated rings. The molecule has 0 aliphatic carbocycles. The lowest BCUT2D eigenvalue weighted by atomic mass is 10.2. The summed E-state index contributed by atoms with van der Waals surface area (Å²) >= 11 is 6.08. The summed E-state index contributed by atoms with van der Waals surface area (Å²) in [5.74, 6) is 0.694. The summed E-state index contributed by atoms with van der Waals surface area (Å²) in [6, 6.07) is 8.15. The molecule has 0 bridgehead atoms. The third kappa shape index (κ3) is 3.53. The molecule has 2 heterocycles.